The summed E-state index contributed by atoms with van der Waals surface area (Å²) in [5.74, 6) is 0. The zero-order valence-electron chi connectivity index (χ0n) is 20.1. The average molecular weight is 495 g/mol. The van der Waals surface area contributed by atoms with Crippen molar-refractivity contribution in [3.05, 3.63) is 81.9 Å². The van der Waals surface area contributed by atoms with Gasteiger partial charge in [0, 0.05) is 29.0 Å². The average Bonchev–Trinajstić information content (AvgIpc) is 2.83. The van der Waals surface area contributed by atoms with Crippen LogP contribution >= 0.6 is 11.6 Å². The van der Waals surface area contributed by atoms with Gasteiger partial charge in [-0.1, -0.05) is 23.7 Å². The predicted octanol–water partition coefficient (Wildman–Crippen LogP) is 5.67. The highest BCUT2D eigenvalue weighted by Gasteiger charge is 2.39. The number of benzene rings is 1. The molecule has 0 atom stereocenters. The highest BCUT2D eigenvalue weighted by Crippen LogP contribution is 2.47. The van der Waals surface area contributed by atoms with E-state index in [1.807, 2.05) is 44.2 Å². The molecule has 35 heavy (non-hydrogen) atoms. The molecule has 1 fully saturated rings. The lowest BCUT2D eigenvalue weighted by Crippen LogP contribution is -2.39. The molecule has 0 saturated heterocycles. The fourth-order valence-electron chi connectivity index (χ4n) is 5.13. The van der Waals surface area contributed by atoms with Crippen LogP contribution in [0.2, 0.25) is 5.02 Å². The SMILES string of the molecule is CC(C)(CCC1(c2cccc(Cl)c2)CCC(n2nc(-c3ccncc3)ccc2=O)CC1)OC(N)=O. The third-order valence-corrected chi connectivity index (χ3v) is 7.31. The maximum absolute atomic E-state index is 12.7. The Kier molecular flexibility index (Phi) is 7.26. The molecule has 0 aliphatic heterocycles. The summed E-state index contributed by atoms with van der Waals surface area (Å²) in [6.45, 7) is 3.76. The van der Waals surface area contributed by atoms with E-state index in [1.165, 1.54) is 5.56 Å². The van der Waals surface area contributed by atoms with Crippen molar-refractivity contribution in [1.29, 1.82) is 0 Å². The Morgan fingerprint density at radius 3 is 2.54 bits per heavy atom. The number of carbonyl (C=O) groups is 1. The summed E-state index contributed by atoms with van der Waals surface area (Å²) in [5.41, 5.74) is 7.21. The normalized spacial score (nSPS) is 20.4. The minimum atomic E-state index is -0.768. The highest BCUT2D eigenvalue weighted by atomic mass is 35.5. The number of nitrogens with two attached hydrogens (primary N) is 1. The maximum atomic E-state index is 12.7. The fraction of sp³-hybridized carbons (Fsp3) is 0.407. The van der Waals surface area contributed by atoms with Gasteiger partial charge in [-0.2, -0.15) is 5.10 Å². The van der Waals surface area contributed by atoms with E-state index in [-0.39, 0.29) is 17.0 Å². The zero-order chi connectivity index (χ0) is 25.1. The molecule has 1 aliphatic rings. The number of hydrogen-bond donors (Lipinski definition) is 1. The quantitative estimate of drug-likeness (QED) is 0.456. The van der Waals surface area contributed by atoms with Crippen molar-refractivity contribution in [2.45, 2.75) is 69.4 Å². The van der Waals surface area contributed by atoms with Crippen LogP contribution in [0.1, 0.15) is 64.0 Å². The third kappa shape index (κ3) is 5.90. The highest BCUT2D eigenvalue weighted by molar-refractivity contribution is 6.30. The van der Waals surface area contributed by atoms with Crippen LogP contribution in [-0.4, -0.2) is 26.5 Å². The summed E-state index contributed by atoms with van der Waals surface area (Å²) in [6.07, 6.45) is 7.45. The molecule has 1 amide bonds. The topological polar surface area (TPSA) is 100 Å². The summed E-state index contributed by atoms with van der Waals surface area (Å²) < 4.78 is 6.98. The van der Waals surface area contributed by atoms with Crippen LogP contribution in [0.3, 0.4) is 0 Å². The lowest BCUT2D eigenvalue weighted by molar-refractivity contribution is 0.0290. The number of nitrogens with zero attached hydrogens (tertiary/aromatic N) is 3. The van der Waals surface area contributed by atoms with E-state index >= 15 is 0 Å². The summed E-state index contributed by atoms with van der Waals surface area (Å²) >= 11 is 6.36. The Morgan fingerprint density at radius 1 is 1.17 bits per heavy atom. The summed E-state index contributed by atoms with van der Waals surface area (Å²) in [5, 5.41) is 5.40. The molecule has 2 aromatic heterocycles. The molecule has 0 spiro atoms. The molecule has 3 aromatic rings. The van der Waals surface area contributed by atoms with Crippen LogP contribution in [0.25, 0.3) is 11.3 Å². The van der Waals surface area contributed by atoms with Gasteiger partial charge in [-0.25, -0.2) is 9.48 Å². The second-order valence-electron chi connectivity index (χ2n) is 9.94. The third-order valence-electron chi connectivity index (χ3n) is 7.08. The standard InChI is InChI=1S/C27H31ClN4O3/c1-26(2,35-25(29)34)14-15-27(20-4-3-5-21(28)18-20)12-8-22(9-13-27)32-24(33)7-6-23(31-32)19-10-16-30-17-11-19/h3-7,10-11,16-18,22H,8-9,12-15H2,1-2H3,(H2,29,34). The number of ether oxygens (including phenoxy) is 1. The first-order valence-electron chi connectivity index (χ1n) is 11.9. The van der Waals surface area contributed by atoms with E-state index in [0.717, 1.165) is 43.4 Å². The minimum Gasteiger partial charge on any atom is -0.444 e. The maximum Gasteiger partial charge on any atom is 0.405 e. The number of pyridine rings is 1. The van der Waals surface area contributed by atoms with Gasteiger partial charge in [-0.15, -0.1) is 0 Å². The predicted molar refractivity (Wildman–Crippen MR) is 136 cm³/mol. The van der Waals surface area contributed by atoms with E-state index < -0.39 is 11.7 Å². The van der Waals surface area contributed by atoms with Gasteiger partial charge in [-0.3, -0.25) is 9.78 Å². The van der Waals surface area contributed by atoms with Crippen LogP contribution in [0.5, 0.6) is 0 Å². The smallest absolute Gasteiger partial charge is 0.405 e. The number of carbonyl (C=O) groups excluding carboxylic acids is 1. The fourth-order valence-corrected chi connectivity index (χ4v) is 5.32. The molecule has 2 heterocycles. The van der Waals surface area contributed by atoms with E-state index in [9.17, 15) is 9.59 Å². The van der Waals surface area contributed by atoms with Crippen molar-refractivity contribution < 1.29 is 9.53 Å². The Bertz CT molecular complexity index is 1230. The van der Waals surface area contributed by atoms with Gasteiger partial charge in [0.1, 0.15) is 5.60 Å². The Balaban J connectivity index is 1.58. The summed E-state index contributed by atoms with van der Waals surface area (Å²) in [4.78, 5) is 28.2. The molecule has 0 unspecified atom stereocenters. The van der Waals surface area contributed by atoms with E-state index in [2.05, 4.69) is 11.1 Å². The number of rotatable bonds is 7. The molecule has 184 valence electrons. The number of aromatic nitrogens is 3. The van der Waals surface area contributed by atoms with Gasteiger partial charge >= 0.3 is 6.09 Å². The first-order chi connectivity index (χ1) is 16.7. The Labute approximate surface area is 210 Å². The van der Waals surface area contributed by atoms with Crippen LogP contribution < -0.4 is 11.3 Å². The van der Waals surface area contributed by atoms with Gasteiger partial charge < -0.3 is 10.5 Å². The molecule has 2 N–H and O–H groups in total. The molecule has 8 heteroatoms. The molecule has 1 aromatic carbocycles. The monoisotopic (exact) mass is 494 g/mol. The first kappa shape index (κ1) is 24.9. The van der Waals surface area contributed by atoms with Crippen molar-refractivity contribution in [2.24, 2.45) is 5.73 Å². The van der Waals surface area contributed by atoms with Gasteiger partial charge in [-0.05, 0) is 93.7 Å². The van der Waals surface area contributed by atoms with E-state index in [0.29, 0.717) is 11.4 Å². The van der Waals surface area contributed by atoms with Crippen LogP contribution in [-0.2, 0) is 10.2 Å². The first-order valence-corrected chi connectivity index (χ1v) is 12.3. The molecular weight excluding hydrogens is 464 g/mol. The lowest BCUT2D eigenvalue weighted by Gasteiger charge is -2.42. The van der Waals surface area contributed by atoms with Crippen molar-refractivity contribution >= 4 is 17.7 Å². The second-order valence-corrected chi connectivity index (χ2v) is 10.4. The van der Waals surface area contributed by atoms with Crippen LogP contribution in [0.15, 0.2) is 65.7 Å². The van der Waals surface area contributed by atoms with Crippen LogP contribution in [0.4, 0.5) is 4.79 Å². The molecule has 0 bridgehead atoms. The van der Waals surface area contributed by atoms with Gasteiger partial charge in [0.15, 0.2) is 0 Å². The number of amides is 1. The van der Waals surface area contributed by atoms with Gasteiger partial charge in [0.2, 0.25) is 0 Å². The van der Waals surface area contributed by atoms with Crippen LogP contribution in [0, 0.1) is 0 Å². The van der Waals surface area contributed by atoms with E-state index in [4.69, 9.17) is 27.2 Å². The molecule has 0 radical (unpaired) electrons. The summed E-state index contributed by atoms with van der Waals surface area (Å²) in [6, 6.07) is 15.1. The summed E-state index contributed by atoms with van der Waals surface area (Å²) in [7, 11) is 0. The zero-order valence-corrected chi connectivity index (χ0v) is 20.9. The largest absolute Gasteiger partial charge is 0.444 e. The minimum absolute atomic E-state index is 0.00600. The number of halogens is 1. The Morgan fingerprint density at radius 2 is 1.89 bits per heavy atom. The molecule has 4 rings (SSSR count). The second kappa shape index (κ2) is 10.2. The van der Waals surface area contributed by atoms with Gasteiger partial charge in [0.05, 0.1) is 11.7 Å². The Hall–Kier alpha value is -3.19. The van der Waals surface area contributed by atoms with Crippen molar-refractivity contribution in [3.63, 3.8) is 0 Å². The lowest BCUT2D eigenvalue weighted by atomic mass is 9.65. The van der Waals surface area contributed by atoms with Gasteiger partial charge in [0.25, 0.3) is 5.56 Å². The molecule has 1 saturated carbocycles. The number of primary amides is 1. The molecule has 7 nitrogen and oxygen atoms in total. The number of hydrogen-bond acceptors (Lipinski definition) is 5. The molecule has 1 aliphatic carbocycles. The molecular formula is C27H31ClN4O3. The van der Waals surface area contributed by atoms with E-state index in [1.54, 1.807) is 29.2 Å². The van der Waals surface area contributed by atoms with Crippen molar-refractivity contribution in [3.8, 4) is 11.3 Å². The van der Waals surface area contributed by atoms with Crippen molar-refractivity contribution in [1.82, 2.24) is 14.8 Å². The van der Waals surface area contributed by atoms with Crippen molar-refractivity contribution in [2.75, 3.05) is 0 Å².